The van der Waals surface area contributed by atoms with Crippen LogP contribution in [-0.4, -0.2) is 44.5 Å². The predicted octanol–water partition coefficient (Wildman–Crippen LogP) is 1.01. The Balaban J connectivity index is 1.76. The standard InChI is InChI=1S/C20H21NO5S/c1-27(25,26)17-9-7-15(8-10-17)18(22)21-13-11-20(12-14-21,19(23)24)16-5-3-2-4-6-16/h2-10H,11-14H2,1H3,(H,23,24)/p-1. The van der Waals surface area contributed by atoms with Gasteiger partial charge in [-0.05, 0) is 42.7 Å². The molecule has 0 radical (unpaired) electrons. The fraction of sp³-hybridized carbons (Fsp3) is 0.300. The molecule has 0 aliphatic carbocycles. The van der Waals surface area contributed by atoms with Gasteiger partial charge < -0.3 is 14.8 Å². The molecule has 1 amide bonds. The second kappa shape index (κ2) is 7.15. The number of benzene rings is 2. The first-order chi connectivity index (χ1) is 12.7. The lowest BCUT2D eigenvalue weighted by molar-refractivity contribution is -0.315. The number of rotatable bonds is 4. The fourth-order valence-electron chi connectivity index (χ4n) is 3.49. The number of amides is 1. The Morgan fingerprint density at radius 3 is 2.00 bits per heavy atom. The molecule has 0 spiro atoms. The number of carboxylic acids is 1. The van der Waals surface area contributed by atoms with Crippen LogP contribution in [0.1, 0.15) is 28.8 Å². The van der Waals surface area contributed by atoms with Crippen molar-refractivity contribution in [3.63, 3.8) is 0 Å². The fourth-order valence-corrected chi connectivity index (χ4v) is 4.12. The Morgan fingerprint density at radius 1 is 0.963 bits per heavy atom. The molecule has 1 aliphatic rings. The topological polar surface area (TPSA) is 94.6 Å². The first-order valence-electron chi connectivity index (χ1n) is 8.60. The van der Waals surface area contributed by atoms with Crippen molar-refractivity contribution in [3.05, 3.63) is 65.7 Å². The van der Waals surface area contributed by atoms with Crippen molar-refractivity contribution in [2.45, 2.75) is 23.2 Å². The predicted molar refractivity (Wildman–Crippen MR) is 97.8 cm³/mol. The number of aliphatic carboxylic acids is 1. The third-order valence-corrected chi connectivity index (χ3v) is 6.28. The number of carbonyl (C=O) groups excluding carboxylic acids is 2. The van der Waals surface area contributed by atoms with Gasteiger partial charge in [-0.1, -0.05) is 30.3 Å². The summed E-state index contributed by atoms with van der Waals surface area (Å²) in [6, 6.07) is 14.7. The minimum atomic E-state index is -3.32. The Hall–Kier alpha value is -2.67. The Kier molecular flexibility index (Phi) is 5.06. The first-order valence-corrected chi connectivity index (χ1v) is 10.5. The molecule has 142 valence electrons. The summed E-state index contributed by atoms with van der Waals surface area (Å²) in [6.45, 7) is 0.574. The zero-order chi connectivity index (χ0) is 19.7. The van der Waals surface area contributed by atoms with Gasteiger partial charge in [0.15, 0.2) is 9.84 Å². The van der Waals surface area contributed by atoms with Gasteiger partial charge in [0.1, 0.15) is 0 Å². The Morgan fingerprint density at radius 2 is 1.52 bits per heavy atom. The van der Waals surface area contributed by atoms with Gasteiger partial charge in [-0.15, -0.1) is 0 Å². The van der Waals surface area contributed by atoms with E-state index in [1.165, 1.54) is 24.3 Å². The molecule has 0 bridgehead atoms. The number of nitrogens with zero attached hydrogens (tertiary/aromatic N) is 1. The van der Waals surface area contributed by atoms with Crippen molar-refractivity contribution >= 4 is 21.7 Å². The highest BCUT2D eigenvalue weighted by Gasteiger charge is 2.38. The highest BCUT2D eigenvalue weighted by Crippen LogP contribution is 2.35. The average Bonchev–Trinajstić information content (AvgIpc) is 2.67. The molecule has 1 fully saturated rings. The summed E-state index contributed by atoms with van der Waals surface area (Å²) >= 11 is 0. The molecule has 0 N–H and O–H groups in total. The van der Waals surface area contributed by atoms with Gasteiger partial charge in [0.25, 0.3) is 5.91 Å². The second-order valence-electron chi connectivity index (χ2n) is 6.82. The third kappa shape index (κ3) is 3.73. The molecule has 2 aromatic rings. The monoisotopic (exact) mass is 386 g/mol. The molecule has 0 unspecified atom stereocenters. The van der Waals surface area contributed by atoms with Crippen LogP contribution in [0, 0.1) is 0 Å². The highest BCUT2D eigenvalue weighted by molar-refractivity contribution is 7.90. The van der Waals surface area contributed by atoms with Crippen molar-refractivity contribution in [1.82, 2.24) is 4.90 Å². The van der Waals surface area contributed by atoms with Crippen LogP contribution < -0.4 is 5.11 Å². The van der Waals surface area contributed by atoms with E-state index in [9.17, 15) is 23.1 Å². The molecule has 27 heavy (non-hydrogen) atoms. The summed E-state index contributed by atoms with van der Waals surface area (Å²) in [7, 11) is -3.32. The van der Waals surface area contributed by atoms with Crippen LogP contribution in [0.2, 0.25) is 0 Å². The van der Waals surface area contributed by atoms with Gasteiger partial charge in [0.2, 0.25) is 0 Å². The molecule has 0 saturated carbocycles. The van der Waals surface area contributed by atoms with Crippen molar-refractivity contribution in [1.29, 1.82) is 0 Å². The summed E-state index contributed by atoms with van der Waals surface area (Å²) in [5.74, 6) is -1.37. The maximum absolute atomic E-state index is 12.7. The molecule has 3 rings (SSSR count). The smallest absolute Gasteiger partial charge is 0.253 e. The number of carboxylic acid groups (broad SMARTS) is 1. The van der Waals surface area contributed by atoms with Crippen LogP contribution in [0.15, 0.2) is 59.5 Å². The van der Waals surface area contributed by atoms with Crippen LogP contribution in [0.5, 0.6) is 0 Å². The molecule has 2 aromatic carbocycles. The number of carbonyl (C=O) groups is 2. The normalized spacial score (nSPS) is 16.7. The molecule has 7 heteroatoms. The molecule has 1 heterocycles. The largest absolute Gasteiger partial charge is 0.549 e. The zero-order valence-electron chi connectivity index (χ0n) is 14.9. The number of likely N-dealkylation sites (tertiary alicyclic amines) is 1. The molecule has 0 atom stereocenters. The Bertz CT molecular complexity index is 944. The minimum Gasteiger partial charge on any atom is -0.549 e. The molecule has 0 aromatic heterocycles. The molecule has 1 saturated heterocycles. The molecular formula is C20H20NO5S-. The maximum Gasteiger partial charge on any atom is 0.253 e. The summed E-state index contributed by atoms with van der Waals surface area (Å²) in [5, 5.41) is 11.9. The van der Waals surface area contributed by atoms with Crippen molar-refractivity contribution in [3.8, 4) is 0 Å². The van der Waals surface area contributed by atoms with E-state index in [1.807, 2.05) is 6.07 Å². The van der Waals surface area contributed by atoms with Crippen LogP contribution in [0.3, 0.4) is 0 Å². The SMILES string of the molecule is CS(=O)(=O)c1ccc(C(=O)N2CCC(C(=O)[O-])(c3ccccc3)CC2)cc1. The zero-order valence-corrected chi connectivity index (χ0v) is 15.7. The summed E-state index contributed by atoms with van der Waals surface area (Å²) in [6.07, 6.45) is 1.65. The van der Waals surface area contributed by atoms with E-state index >= 15 is 0 Å². The van der Waals surface area contributed by atoms with E-state index in [-0.39, 0.29) is 36.7 Å². The first kappa shape index (κ1) is 19.1. The lowest BCUT2D eigenvalue weighted by atomic mass is 9.73. The van der Waals surface area contributed by atoms with E-state index in [2.05, 4.69) is 0 Å². The Labute approximate surface area is 158 Å². The van der Waals surface area contributed by atoms with Gasteiger partial charge in [0, 0.05) is 30.3 Å². The quantitative estimate of drug-likeness (QED) is 0.782. The third-order valence-electron chi connectivity index (χ3n) is 5.15. The lowest BCUT2D eigenvalue weighted by Crippen LogP contribution is -2.53. The summed E-state index contributed by atoms with van der Waals surface area (Å²) in [4.78, 5) is 26.3. The lowest BCUT2D eigenvalue weighted by Gasteiger charge is -2.43. The van der Waals surface area contributed by atoms with E-state index < -0.39 is 21.2 Å². The van der Waals surface area contributed by atoms with Gasteiger partial charge in [-0.2, -0.15) is 0 Å². The van der Waals surface area contributed by atoms with Crippen LogP contribution >= 0.6 is 0 Å². The van der Waals surface area contributed by atoms with E-state index in [1.54, 1.807) is 29.2 Å². The molecule has 1 aliphatic heterocycles. The number of sulfone groups is 1. The van der Waals surface area contributed by atoms with E-state index in [0.717, 1.165) is 6.26 Å². The average molecular weight is 386 g/mol. The van der Waals surface area contributed by atoms with Gasteiger partial charge in [0.05, 0.1) is 10.9 Å². The van der Waals surface area contributed by atoms with Crippen LogP contribution in [0.25, 0.3) is 0 Å². The van der Waals surface area contributed by atoms with Gasteiger partial charge >= 0.3 is 0 Å². The van der Waals surface area contributed by atoms with E-state index in [4.69, 9.17) is 0 Å². The molecular weight excluding hydrogens is 366 g/mol. The number of piperidine rings is 1. The van der Waals surface area contributed by atoms with Crippen molar-refractivity contribution < 1.29 is 23.1 Å². The van der Waals surface area contributed by atoms with Crippen molar-refractivity contribution in [2.75, 3.05) is 19.3 Å². The summed E-state index contributed by atoms with van der Waals surface area (Å²) in [5.41, 5.74) is -0.0317. The minimum absolute atomic E-state index is 0.151. The van der Waals surface area contributed by atoms with Gasteiger partial charge in [-0.3, -0.25) is 4.79 Å². The number of hydrogen-bond acceptors (Lipinski definition) is 5. The van der Waals surface area contributed by atoms with Crippen LogP contribution in [-0.2, 0) is 20.0 Å². The molecule has 6 nitrogen and oxygen atoms in total. The maximum atomic E-state index is 12.7. The second-order valence-corrected chi connectivity index (χ2v) is 8.84. The van der Waals surface area contributed by atoms with E-state index in [0.29, 0.717) is 11.1 Å². The summed E-state index contributed by atoms with van der Waals surface area (Å²) < 4.78 is 23.1. The van der Waals surface area contributed by atoms with Gasteiger partial charge in [-0.25, -0.2) is 8.42 Å². The van der Waals surface area contributed by atoms with Crippen molar-refractivity contribution in [2.24, 2.45) is 0 Å². The highest BCUT2D eigenvalue weighted by atomic mass is 32.2. The number of hydrogen-bond donors (Lipinski definition) is 0. The van der Waals surface area contributed by atoms with Crippen LogP contribution in [0.4, 0.5) is 0 Å².